The second-order valence-electron chi connectivity index (χ2n) is 3.51. The van der Waals surface area contributed by atoms with Gasteiger partial charge in [-0.25, -0.2) is 0 Å². The Morgan fingerprint density at radius 2 is 1.82 bits per heavy atom. The Labute approximate surface area is 108 Å². The van der Waals surface area contributed by atoms with Crippen molar-refractivity contribution in [2.45, 2.75) is 0 Å². The largest absolute Gasteiger partial charge is 0.355 e. The maximum absolute atomic E-state index is 11.2. The minimum absolute atomic E-state index is 0.350. The van der Waals surface area contributed by atoms with Crippen LogP contribution in [0.15, 0.2) is 53.0 Å². The van der Waals surface area contributed by atoms with Gasteiger partial charge in [-0.3, -0.25) is 10.5 Å². The molecule has 3 nitrogen and oxygen atoms in total. The fourth-order valence-electron chi connectivity index (χ4n) is 1.49. The van der Waals surface area contributed by atoms with E-state index in [1.165, 1.54) is 0 Å². The van der Waals surface area contributed by atoms with Crippen molar-refractivity contribution in [1.82, 2.24) is 5.73 Å². The molecular formula is C13H10BrN2O. The third kappa shape index (κ3) is 2.85. The fraction of sp³-hybridized carbons (Fsp3) is 0. The van der Waals surface area contributed by atoms with Crippen molar-refractivity contribution in [3.05, 3.63) is 58.6 Å². The van der Waals surface area contributed by atoms with E-state index >= 15 is 0 Å². The number of rotatable bonds is 3. The lowest BCUT2D eigenvalue weighted by atomic mass is 10.1. The van der Waals surface area contributed by atoms with Crippen molar-refractivity contribution < 1.29 is 4.79 Å². The second kappa shape index (κ2) is 5.01. The molecule has 0 saturated heterocycles. The van der Waals surface area contributed by atoms with Crippen molar-refractivity contribution in [2.24, 2.45) is 0 Å². The summed E-state index contributed by atoms with van der Waals surface area (Å²) in [5.74, 6) is -0.704. The van der Waals surface area contributed by atoms with Crippen molar-refractivity contribution in [3.8, 4) is 0 Å². The van der Waals surface area contributed by atoms with Crippen LogP contribution in [0, 0.1) is 0 Å². The number of carbonyl (C=O) groups is 1. The van der Waals surface area contributed by atoms with Gasteiger partial charge in [0.05, 0.1) is 11.3 Å². The maximum Gasteiger partial charge on any atom is 0.271 e. The molecule has 0 aliphatic carbocycles. The predicted octanol–water partition coefficient (Wildman–Crippen LogP) is 3.62. The zero-order valence-electron chi connectivity index (χ0n) is 8.91. The minimum atomic E-state index is -0.704. The van der Waals surface area contributed by atoms with Crippen LogP contribution in [0.1, 0.15) is 10.4 Å². The average molecular weight is 290 g/mol. The van der Waals surface area contributed by atoms with Gasteiger partial charge >= 0.3 is 0 Å². The van der Waals surface area contributed by atoms with E-state index in [0.717, 1.165) is 10.2 Å². The van der Waals surface area contributed by atoms with E-state index in [1.54, 1.807) is 12.1 Å². The van der Waals surface area contributed by atoms with Crippen LogP contribution in [-0.2, 0) is 0 Å². The Morgan fingerprint density at radius 1 is 1.12 bits per heavy atom. The van der Waals surface area contributed by atoms with Gasteiger partial charge in [0.15, 0.2) is 0 Å². The topological polar surface area (TPSA) is 52.9 Å². The molecule has 0 bridgehead atoms. The van der Waals surface area contributed by atoms with E-state index in [2.05, 4.69) is 21.2 Å². The Bertz CT molecular complexity index is 540. The van der Waals surface area contributed by atoms with Crippen LogP contribution in [0.25, 0.3) is 0 Å². The number of hydrogen-bond acceptors (Lipinski definition) is 2. The highest BCUT2D eigenvalue weighted by molar-refractivity contribution is 9.10. The van der Waals surface area contributed by atoms with Gasteiger partial charge in [0.1, 0.15) is 0 Å². The molecule has 4 heteroatoms. The molecule has 0 aromatic heterocycles. The first kappa shape index (κ1) is 11.7. The van der Waals surface area contributed by atoms with E-state index in [9.17, 15) is 4.79 Å². The summed E-state index contributed by atoms with van der Waals surface area (Å²) in [5, 5.41) is 3.12. The van der Waals surface area contributed by atoms with Crippen molar-refractivity contribution >= 4 is 33.2 Å². The highest BCUT2D eigenvalue weighted by atomic mass is 79.9. The SMILES string of the molecule is [NH]C(=O)c1cc(Br)ccc1Nc1ccccc1. The molecule has 1 radical (unpaired) electrons. The van der Waals surface area contributed by atoms with Gasteiger partial charge in [0.2, 0.25) is 0 Å². The molecule has 0 aliphatic rings. The Morgan fingerprint density at radius 3 is 2.47 bits per heavy atom. The quantitative estimate of drug-likeness (QED) is 0.938. The third-order valence-electron chi connectivity index (χ3n) is 2.28. The molecule has 0 spiro atoms. The van der Waals surface area contributed by atoms with Crippen LogP contribution < -0.4 is 11.1 Å². The molecule has 0 saturated carbocycles. The summed E-state index contributed by atoms with van der Waals surface area (Å²) in [6.45, 7) is 0. The maximum atomic E-state index is 11.2. The summed E-state index contributed by atoms with van der Waals surface area (Å²) in [6.07, 6.45) is 0. The van der Waals surface area contributed by atoms with E-state index in [0.29, 0.717) is 11.3 Å². The highest BCUT2D eigenvalue weighted by Crippen LogP contribution is 2.24. The van der Waals surface area contributed by atoms with E-state index in [1.807, 2.05) is 36.4 Å². The first-order valence-corrected chi connectivity index (χ1v) is 5.83. The summed E-state index contributed by atoms with van der Waals surface area (Å²) < 4.78 is 0.784. The zero-order chi connectivity index (χ0) is 12.3. The molecule has 0 atom stereocenters. The van der Waals surface area contributed by atoms with Gasteiger partial charge in [-0.2, -0.15) is 0 Å². The Hall–Kier alpha value is -1.81. The lowest BCUT2D eigenvalue weighted by Gasteiger charge is -2.10. The molecule has 17 heavy (non-hydrogen) atoms. The van der Waals surface area contributed by atoms with Crippen molar-refractivity contribution in [2.75, 3.05) is 5.32 Å². The molecule has 1 amide bonds. The third-order valence-corrected chi connectivity index (χ3v) is 2.77. The van der Waals surface area contributed by atoms with E-state index in [4.69, 9.17) is 5.73 Å². The molecule has 2 N–H and O–H groups in total. The number of para-hydroxylation sites is 1. The van der Waals surface area contributed by atoms with Gasteiger partial charge in [0, 0.05) is 10.2 Å². The van der Waals surface area contributed by atoms with Gasteiger partial charge in [-0.15, -0.1) is 0 Å². The van der Waals surface area contributed by atoms with Gasteiger partial charge in [0.25, 0.3) is 5.91 Å². The normalized spacial score (nSPS) is 9.94. The molecule has 0 aliphatic heterocycles. The summed E-state index contributed by atoms with van der Waals surface area (Å²) in [4.78, 5) is 11.2. The molecule has 0 heterocycles. The predicted molar refractivity (Wildman–Crippen MR) is 71.3 cm³/mol. The van der Waals surface area contributed by atoms with E-state index < -0.39 is 5.91 Å². The first-order valence-electron chi connectivity index (χ1n) is 5.04. The van der Waals surface area contributed by atoms with Gasteiger partial charge < -0.3 is 5.32 Å². The Balaban J connectivity index is 2.36. The molecule has 85 valence electrons. The van der Waals surface area contributed by atoms with Crippen LogP contribution >= 0.6 is 15.9 Å². The van der Waals surface area contributed by atoms with Crippen LogP contribution in [0.4, 0.5) is 11.4 Å². The number of nitrogens with one attached hydrogen (secondary N) is 2. The molecular weight excluding hydrogens is 280 g/mol. The summed E-state index contributed by atoms with van der Waals surface area (Å²) in [5.41, 5.74) is 9.10. The van der Waals surface area contributed by atoms with Gasteiger partial charge in [-0.05, 0) is 30.3 Å². The molecule has 2 aromatic rings. The minimum Gasteiger partial charge on any atom is -0.355 e. The first-order chi connectivity index (χ1) is 8.16. The average Bonchev–Trinajstić information content (AvgIpc) is 2.32. The van der Waals surface area contributed by atoms with Crippen LogP contribution in [0.3, 0.4) is 0 Å². The number of hydrogen-bond donors (Lipinski definition) is 1. The zero-order valence-corrected chi connectivity index (χ0v) is 10.5. The molecule has 2 aromatic carbocycles. The van der Waals surface area contributed by atoms with Crippen molar-refractivity contribution in [3.63, 3.8) is 0 Å². The molecule has 0 fully saturated rings. The highest BCUT2D eigenvalue weighted by Gasteiger charge is 2.09. The number of carbonyl (C=O) groups excluding carboxylic acids is 1. The number of halogens is 1. The van der Waals surface area contributed by atoms with Gasteiger partial charge in [-0.1, -0.05) is 34.1 Å². The van der Waals surface area contributed by atoms with E-state index in [-0.39, 0.29) is 0 Å². The van der Waals surface area contributed by atoms with Crippen molar-refractivity contribution in [1.29, 1.82) is 0 Å². The smallest absolute Gasteiger partial charge is 0.271 e. The standard InChI is InChI=1S/C13H10BrN2O/c14-9-6-7-12(11(8-9)13(15)17)16-10-4-2-1-3-5-10/h1-8,15-16H. The summed E-state index contributed by atoms with van der Waals surface area (Å²) in [7, 11) is 0. The molecule has 0 unspecified atom stereocenters. The monoisotopic (exact) mass is 289 g/mol. The number of anilines is 2. The lowest BCUT2D eigenvalue weighted by Crippen LogP contribution is -2.04. The number of benzene rings is 2. The summed E-state index contributed by atoms with van der Waals surface area (Å²) >= 11 is 3.29. The number of amides is 1. The lowest BCUT2D eigenvalue weighted by molar-refractivity contribution is 0.0993. The Kier molecular flexibility index (Phi) is 3.44. The van der Waals surface area contributed by atoms with Crippen LogP contribution in [0.2, 0.25) is 0 Å². The molecule has 2 rings (SSSR count). The van der Waals surface area contributed by atoms with Crippen LogP contribution in [-0.4, -0.2) is 5.91 Å². The summed E-state index contributed by atoms with van der Waals surface area (Å²) in [6, 6.07) is 14.8. The second-order valence-corrected chi connectivity index (χ2v) is 4.43. The fourth-order valence-corrected chi connectivity index (χ4v) is 1.85. The van der Waals surface area contributed by atoms with Crippen LogP contribution in [0.5, 0.6) is 0 Å².